The number of nitrogens with one attached hydrogen (secondary N) is 1. The highest BCUT2D eigenvalue weighted by Gasteiger charge is 2.31. The second-order valence-electron chi connectivity index (χ2n) is 6.15. The van der Waals surface area contributed by atoms with Crippen LogP contribution in [0.3, 0.4) is 0 Å². The number of imidazole rings is 1. The molecule has 26 heavy (non-hydrogen) atoms. The third-order valence-corrected chi connectivity index (χ3v) is 4.28. The molecule has 0 unspecified atom stereocenters. The molecule has 3 rings (SSSR count). The molecule has 7 heteroatoms. The highest BCUT2D eigenvalue weighted by molar-refractivity contribution is 5.76. The molecule has 1 aromatic heterocycles. The molecule has 0 saturated heterocycles. The molecule has 0 amide bonds. The first-order valence-electron chi connectivity index (χ1n) is 8.34. The van der Waals surface area contributed by atoms with Crippen molar-refractivity contribution in [2.75, 3.05) is 0 Å². The Balaban J connectivity index is 1.81. The van der Waals surface area contributed by atoms with Crippen LogP contribution in [0.25, 0.3) is 11.0 Å². The van der Waals surface area contributed by atoms with Gasteiger partial charge in [0, 0.05) is 13.1 Å². The van der Waals surface area contributed by atoms with Gasteiger partial charge in [0.2, 0.25) is 0 Å². The fraction of sp³-hybridized carbons (Fsp3) is 0.316. The average molecular weight is 365 g/mol. The van der Waals surface area contributed by atoms with E-state index in [1.807, 2.05) is 38.1 Å². The van der Waals surface area contributed by atoms with E-state index in [9.17, 15) is 17.6 Å². The van der Waals surface area contributed by atoms with Crippen molar-refractivity contribution in [3.63, 3.8) is 0 Å². The number of alkyl halides is 3. The summed E-state index contributed by atoms with van der Waals surface area (Å²) in [6, 6.07) is 10.1. The number of halogens is 4. The standard InChI is InChI=1S/C19H19F4N3/c1-3-26-17-7-5-4-6-16(17)25-18(26)12(2)24-11-13-8-14(19(21,22)23)10-15(20)9-13/h4-10,12,24H,3,11H2,1-2H3/t12-/m0/s1. The summed E-state index contributed by atoms with van der Waals surface area (Å²) in [6.45, 7) is 4.72. The minimum absolute atomic E-state index is 0.106. The SMILES string of the molecule is CCn1c([C@H](C)NCc2cc(F)cc(C(F)(F)F)c2)nc2ccccc21. The molecule has 0 aliphatic carbocycles. The van der Waals surface area contributed by atoms with Crippen LogP contribution < -0.4 is 5.32 Å². The second kappa shape index (κ2) is 7.07. The molecule has 0 radical (unpaired) electrons. The van der Waals surface area contributed by atoms with E-state index in [1.165, 1.54) is 0 Å². The smallest absolute Gasteiger partial charge is 0.327 e. The van der Waals surface area contributed by atoms with Crippen LogP contribution in [0.1, 0.15) is 36.8 Å². The van der Waals surface area contributed by atoms with E-state index in [1.54, 1.807) is 0 Å². The Hall–Kier alpha value is -2.41. The van der Waals surface area contributed by atoms with Crippen molar-refractivity contribution in [2.24, 2.45) is 0 Å². The molecule has 1 N–H and O–H groups in total. The Labute approximate surface area is 148 Å². The summed E-state index contributed by atoms with van der Waals surface area (Å²) in [5.74, 6) is -0.105. The molecule has 3 aromatic rings. The molecule has 0 spiro atoms. The molecule has 0 bridgehead atoms. The molecule has 3 nitrogen and oxygen atoms in total. The first-order valence-corrected chi connectivity index (χ1v) is 8.34. The van der Waals surface area contributed by atoms with E-state index in [4.69, 9.17) is 0 Å². The maximum atomic E-state index is 13.5. The van der Waals surface area contributed by atoms with Gasteiger partial charge in [-0.2, -0.15) is 13.2 Å². The third kappa shape index (κ3) is 3.72. The van der Waals surface area contributed by atoms with Crippen molar-refractivity contribution < 1.29 is 17.6 Å². The van der Waals surface area contributed by atoms with Gasteiger partial charge in [-0.25, -0.2) is 9.37 Å². The molecule has 0 saturated carbocycles. The van der Waals surface area contributed by atoms with Gasteiger partial charge in [-0.05, 0) is 49.7 Å². The number of nitrogens with zero attached hydrogens (tertiary/aromatic N) is 2. The molecule has 1 atom stereocenters. The lowest BCUT2D eigenvalue weighted by atomic mass is 10.1. The number of aryl methyl sites for hydroxylation is 1. The fourth-order valence-corrected chi connectivity index (χ4v) is 3.04. The summed E-state index contributed by atoms with van der Waals surface area (Å²) in [4.78, 5) is 4.62. The maximum Gasteiger partial charge on any atom is 0.416 e. The normalized spacial score (nSPS) is 13.3. The van der Waals surface area contributed by atoms with E-state index in [0.717, 1.165) is 35.5 Å². The zero-order valence-corrected chi connectivity index (χ0v) is 14.4. The van der Waals surface area contributed by atoms with Crippen molar-refractivity contribution >= 4 is 11.0 Å². The van der Waals surface area contributed by atoms with Crippen LogP contribution >= 0.6 is 0 Å². The highest BCUT2D eigenvalue weighted by Crippen LogP contribution is 2.30. The van der Waals surface area contributed by atoms with E-state index in [0.29, 0.717) is 6.07 Å². The number of aromatic nitrogens is 2. The number of rotatable bonds is 5. The quantitative estimate of drug-likeness (QED) is 0.640. The fourth-order valence-electron chi connectivity index (χ4n) is 3.04. The van der Waals surface area contributed by atoms with Crippen molar-refractivity contribution in [1.82, 2.24) is 14.9 Å². The first-order chi connectivity index (χ1) is 12.3. The van der Waals surface area contributed by atoms with Gasteiger partial charge in [0.25, 0.3) is 0 Å². The van der Waals surface area contributed by atoms with Crippen molar-refractivity contribution in [2.45, 2.75) is 39.2 Å². The summed E-state index contributed by atoms with van der Waals surface area (Å²) < 4.78 is 54.1. The largest absolute Gasteiger partial charge is 0.416 e. The summed E-state index contributed by atoms with van der Waals surface area (Å²) in [5.41, 5.74) is 1.12. The number of para-hydroxylation sites is 2. The van der Waals surface area contributed by atoms with Gasteiger partial charge < -0.3 is 9.88 Å². The Morgan fingerprint density at radius 3 is 2.58 bits per heavy atom. The minimum atomic E-state index is -4.57. The van der Waals surface area contributed by atoms with Crippen LogP contribution in [-0.4, -0.2) is 9.55 Å². The van der Waals surface area contributed by atoms with Gasteiger partial charge >= 0.3 is 6.18 Å². The lowest BCUT2D eigenvalue weighted by Crippen LogP contribution is -2.22. The van der Waals surface area contributed by atoms with Crippen molar-refractivity contribution in [1.29, 1.82) is 0 Å². The Kier molecular flexibility index (Phi) is 5.00. The van der Waals surface area contributed by atoms with E-state index < -0.39 is 17.6 Å². The van der Waals surface area contributed by atoms with E-state index >= 15 is 0 Å². The van der Waals surface area contributed by atoms with Crippen LogP contribution in [0, 0.1) is 5.82 Å². The molecule has 2 aromatic carbocycles. The Bertz CT molecular complexity index is 915. The molecule has 0 aliphatic heterocycles. The summed E-state index contributed by atoms with van der Waals surface area (Å²) in [6.07, 6.45) is -4.57. The number of hydrogen-bond acceptors (Lipinski definition) is 2. The Morgan fingerprint density at radius 1 is 1.15 bits per heavy atom. The van der Waals surface area contributed by atoms with Crippen molar-refractivity contribution in [3.05, 3.63) is 65.2 Å². The third-order valence-electron chi connectivity index (χ3n) is 4.28. The van der Waals surface area contributed by atoms with E-state index in [2.05, 4.69) is 14.9 Å². The van der Waals surface area contributed by atoms with Gasteiger partial charge in [-0.15, -0.1) is 0 Å². The molecular formula is C19H19F4N3. The molecule has 1 heterocycles. The van der Waals surface area contributed by atoms with Crippen LogP contribution in [0.5, 0.6) is 0 Å². The lowest BCUT2D eigenvalue weighted by molar-refractivity contribution is -0.137. The maximum absolute atomic E-state index is 13.5. The van der Waals surface area contributed by atoms with Gasteiger partial charge in [-0.1, -0.05) is 12.1 Å². The first kappa shape index (κ1) is 18.4. The topological polar surface area (TPSA) is 29.9 Å². The van der Waals surface area contributed by atoms with Gasteiger partial charge in [0.1, 0.15) is 11.6 Å². The van der Waals surface area contributed by atoms with Gasteiger partial charge in [0.05, 0.1) is 22.6 Å². The van der Waals surface area contributed by atoms with Crippen LogP contribution in [0.15, 0.2) is 42.5 Å². The number of hydrogen-bond donors (Lipinski definition) is 1. The number of benzene rings is 2. The summed E-state index contributed by atoms with van der Waals surface area (Å²) in [5, 5.41) is 3.14. The molecule has 138 valence electrons. The summed E-state index contributed by atoms with van der Waals surface area (Å²) >= 11 is 0. The zero-order valence-electron chi connectivity index (χ0n) is 14.4. The lowest BCUT2D eigenvalue weighted by Gasteiger charge is -2.16. The number of fused-ring (bicyclic) bond motifs is 1. The zero-order chi connectivity index (χ0) is 18.9. The monoisotopic (exact) mass is 365 g/mol. The van der Waals surface area contributed by atoms with Crippen LogP contribution in [-0.2, 0) is 19.3 Å². The Morgan fingerprint density at radius 2 is 1.88 bits per heavy atom. The molecule has 0 aliphatic rings. The summed E-state index contributed by atoms with van der Waals surface area (Å²) in [7, 11) is 0. The van der Waals surface area contributed by atoms with Crippen molar-refractivity contribution in [3.8, 4) is 0 Å². The predicted octanol–water partition coefficient (Wildman–Crippen LogP) is 5.06. The molecule has 0 fully saturated rings. The van der Waals surface area contributed by atoms with Gasteiger partial charge in [0.15, 0.2) is 0 Å². The van der Waals surface area contributed by atoms with E-state index in [-0.39, 0.29) is 18.2 Å². The average Bonchev–Trinajstić information content (AvgIpc) is 2.97. The molecular weight excluding hydrogens is 346 g/mol. The highest BCUT2D eigenvalue weighted by atomic mass is 19.4. The van der Waals surface area contributed by atoms with Crippen LogP contribution in [0.4, 0.5) is 17.6 Å². The van der Waals surface area contributed by atoms with Gasteiger partial charge in [-0.3, -0.25) is 0 Å². The van der Waals surface area contributed by atoms with Crippen LogP contribution in [0.2, 0.25) is 0 Å². The predicted molar refractivity (Wildman–Crippen MR) is 92.1 cm³/mol. The minimum Gasteiger partial charge on any atom is -0.327 e. The second-order valence-corrected chi connectivity index (χ2v) is 6.15.